The molecule has 3 heteroatoms. The van der Waals surface area contributed by atoms with Gasteiger partial charge in [0.1, 0.15) is 0 Å². The average Bonchev–Trinajstić information content (AvgIpc) is 2.27. The SMILES string of the molecule is C=CCNC(=O)c1cc[n+](CC=C)cc1. The summed E-state index contributed by atoms with van der Waals surface area (Å²) in [7, 11) is 0. The van der Waals surface area contributed by atoms with Crippen LogP contribution in [0.2, 0.25) is 0 Å². The van der Waals surface area contributed by atoms with E-state index in [0.717, 1.165) is 6.54 Å². The second-order valence-electron chi connectivity index (χ2n) is 3.07. The number of rotatable bonds is 5. The molecule has 0 saturated carbocycles. The molecule has 0 saturated heterocycles. The van der Waals surface area contributed by atoms with Crippen LogP contribution in [-0.2, 0) is 6.54 Å². The van der Waals surface area contributed by atoms with E-state index in [0.29, 0.717) is 12.1 Å². The topological polar surface area (TPSA) is 33.0 Å². The first-order valence-electron chi connectivity index (χ1n) is 4.77. The van der Waals surface area contributed by atoms with Gasteiger partial charge in [0.05, 0.1) is 5.56 Å². The second-order valence-corrected chi connectivity index (χ2v) is 3.07. The maximum atomic E-state index is 11.5. The molecular formula is C12H15N2O+. The number of carbonyl (C=O) groups excluding carboxylic acids is 1. The van der Waals surface area contributed by atoms with E-state index in [-0.39, 0.29) is 5.91 Å². The lowest BCUT2D eigenvalue weighted by atomic mass is 10.2. The summed E-state index contributed by atoms with van der Waals surface area (Å²) in [6.45, 7) is 8.41. The van der Waals surface area contributed by atoms with Crippen LogP contribution in [0.25, 0.3) is 0 Å². The number of carbonyl (C=O) groups is 1. The molecule has 1 aromatic rings. The van der Waals surface area contributed by atoms with Crippen molar-refractivity contribution >= 4 is 5.91 Å². The van der Waals surface area contributed by atoms with E-state index in [1.54, 1.807) is 24.3 Å². The molecule has 3 nitrogen and oxygen atoms in total. The van der Waals surface area contributed by atoms with Crippen LogP contribution in [0, 0.1) is 0 Å². The average molecular weight is 203 g/mol. The first-order valence-corrected chi connectivity index (χ1v) is 4.77. The van der Waals surface area contributed by atoms with Gasteiger partial charge in [-0.1, -0.05) is 12.7 Å². The maximum absolute atomic E-state index is 11.5. The quantitative estimate of drug-likeness (QED) is 0.563. The summed E-state index contributed by atoms with van der Waals surface area (Å²) >= 11 is 0. The van der Waals surface area contributed by atoms with Gasteiger partial charge in [-0.3, -0.25) is 4.79 Å². The van der Waals surface area contributed by atoms with Crippen molar-refractivity contribution in [2.75, 3.05) is 6.54 Å². The zero-order chi connectivity index (χ0) is 11.1. The molecule has 1 N–H and O–H groups in total. The molecule has 0 aliphatic carbocycles. The highest BCUT2D eigenvalue weighted by Crippen LogP contribution is 1.94. The van der Waals surface area contributed by atoms with Crippen molar-refractivity contribution in [3.05, 3.63) is 55.4 Å². The van der Waals surface area contributed by atoms with Gasteiger partial charge in [-0.15, -0.1) is 6.58 Å². The minimum absolute atomic E-state index is 0.0827. The molecule has 0 spiro atoms. The molecule has 15 heavy (non-hydrogen) atoms. The third-order valence-corrected chi connectivity index (χ3v) is 1.90. The lowest BCUT2D eigenvalue weighted by molar-refractivity contribution is -0.687. The van der Waals surface area contributed by atoms with Crippen molar-refractivity contribution < 1.29 is 9.36 Å². The highest BCUT2D eigenvalue weighted by Gasteiger charge is 2.05. The Labute approximate surface area is 89.7 Å². The molecule has 0 unspecified atom stereocenters. The summed E-state index contributed by atoms with van der Waals surface area (Å²) in [6, 6.07) is 3.56. The normalized spacial score (nSPS) is 9.33. The lowest BCUT2D eigenvalue weighted by Crippen LogP contribution is -2.32. The minimum Gasteiger partial charge on any atom is -0.349 e. The van der Waals surface area contributed by atoms with E-state index in [2.05, 4.69) is 18.5 Å². The van der Waals surface area contributed by atoms with Crippen molar-refractivity contribution in [2.24, 2.45) is 0 Å². The predicted octanol–water partition coefficient (Wildman–Crippen LogP) is 1.08. The third kappa shape index (κ3) is 3.38. The fourth-order valence-corrected chi connectivity index (χ4v) is 1.15. The zero-order valence-electron chi connectivity index (χ0n) is 8.65. The largest absolute Gasteiger partial charge is 0.349 e. The van der Waals surface area contributed by atoms with Crippen LogP contribution in [0.3, 0.4) is 0 Å². The molecule has 1 amide bonds. The summed E-state index contributed by atoms with van der Waals surface area (Å²) in [5.74, 6) is -0.0827. The van der Waals surface area contributed by atoms with Gasteiger partial charge in [0.15, 0.2) is 18.9 Å². The number of hydrogen-bond donors (Lipinski definition) is 1. The number of aromatic nitrogens is 1. The van der Waals surface area contributed by atoms with Gasteiger partial charge in [0, 0.05) is 18.7 Å². The van der Waals surface area contributed by atoms with Gasteiger partial charge >= 0.3 is 0 Å². The van der Waals surface area contributed by atoms with E-state index in [9.17, 15) is 4.79 Å². The van der Waals surface area contributed by atoms with Crippen LogP contribution < -0.4 is 9.88 Å². The molecule has 0 radical (unpaired) electrons. The second kappa shape index (κ2) is 5.75. The number of nitrogens with one attached hydrogen (secondary N) is 1. The fraction of sp³-hybridized carbons (Fsp3) is 0.167. The molecule has 0 aromatic carbocycles. The Hall–Kier alpha value is -1.90. The van der Waals surface area contributed by atoms with Gasteiger partial charge in [-0.2, -0.15) is 0 Å². The Morgan fingerprint density at radius 2 is 2.00 bits per heavy atom. The molecule has 1 aromatic heterocycles. The first kappa shape index (κ1) is 11.2. The van der Waals surface area contributed by atoms with Gasteiger partial charge < -0.3 is 5.32 Å². The zero-order valence-corrected chi connectivity index (χ0v) is 8.65. The maximum Gasteiger partial charge on any atom is 0.251 e. The fourth-order valence-electron chi connectivity index (χ4n) is 1.15. The Morgan fingerprint density at radius 3 is 2.53 bits per heavy atom. The van der Waals surface area contributed by atoms with Crippen molar-refractivity contribution in [1.29, 1.82) is 0 Å². The van der Waals surface area contributed by atoms with E-state index < -0.39 is 0 Å². The van der Waals surface area contributed by atoms with Crippen LogP contribution in [0.5, 0.6) is 0 Å². The monoisotopic (exact) mass is 203 g/mol. The van der Waals surface area contributed by atoms with Crippen LogP contribution in [0.15, 0.2) is 49.8 Å². The van der Waals surface area contributed by atoms with E-state index in [1.807, 2.05) is 17.0 Å². The van der Waals surface area contributed by atoms with Gasteiger partial charge in [-0.25, -0.2) is 4.57 Å². The molecular weight excluding hydrogens is 188 g/mol. The van der Waals surface area contributed by atoms with E-state index in [4.69, 9.17) is 0 Å². The molecule has 0 aliphatic heterocycles. The van der Waals surface area contributed by atoms with Crippen molar-refractivity contribution in [3.63, 3.8) is 0 Å². The van der Waals surface area contributed by atoms with E-state index in [1.165, 1.54) is 0 Å². The van der Waals surface area contributed by atoms with Gasteiger partial charge in [-0.05, 0) is 6.08 Å². The van der Waals surface area contributed by atoms with Crippen LogP contribution in [0.1, 0.15) is 10.4 Å². The summed E-state index contributed by atoms with van der Waals surface area (Å²) in [5.41, 5.74) is 0.650. The van der Waals surface area contributed by atoms with E-state index >= 15 is 0 Å². The summed E-state index contributed by atoms with van der Waals surface area (Å²) in [4.78, 5) is 11.5. The van der Waals surface area contributed by atoms with Crippen molar-refractivity contribution in [3.8, 4) is 0 Å². The number of pyridine rings is 1. The van der Waals surface area contributed by atoms with Crippen molar-refractivity contribution in [2.45, 2.75) is 6.54 Å². The Morgan fingerprint density at radius 1 is 1.33 bits per heavy atom. The van der Waals surface area contributed by atoms with Gasteiger partial charge in [0.25, 0.3) is 5.91 Å². The minimum atomic E-state index is -0.0827. The molecule has 1 rings (SSSR count). The lowest BCUT2D eigenvalue weighted by Gasteiger charge is -2.00. The molecule has 1 heterocycles. The number of amides is 1. The van der Waals surface area contributed by atoms with Crippen LogP contribution in [-0.4, -0.2) is 12.5 Å². The molecule has 78 valence electrons. The molecule has 0 bridgehead atoms. The Bertz CT molecular complexity index is 354. The van der Waals surface area contributed by atoms with Gasteiger partial charge in [0.2, 0.25) is 0 Å². The number of hydrogen-bond acceptors (Lipinski definition) is 1. The summed E-state index contributed by atoms with van der Waals surface area (Å²) in [6.07, 6.45) is 7.16. The first-order chi connectivity index (χ1) is 7.27. The number of allylic oxidation sites excluding steroid dienone is 1. The number of nitrogens with zero attached hydrogens (tertiary/aromatic N) is 1. The highest BCUT2D eigenvalue weighted by molar-refractivity contribution is 5.93. The molecule has 0 fully saturated rings. The Balaban J connectivity index is 2.66. The van der Waals surface area contributed by atoms with Crippen LogP contribution in [0.4, 0.5) is 0 Å². The highest BCUT2D eigenvalue weighted by atomic mass is 16.1. The predicted molar refractivity (Wildman–Crippen MR) is 59.4 cm³/mol. The molecule has 0 atom stereocenters. The summed E-state index contributed by atoms with van der Waals surface area (Å²) < 4.78 is 1.94. The Kier molecular flexibility index (Phi) is 4.29. The van der Waals surface area contributed by atoms with Crippen molar-refractivity contribution in [1.82, 2.24) is 5.32 Å². The smallest absolute Gasteiger partial charge is 0.251 e. The third-order valence-electron chi connectivity index (χ3n) is 1.90. The summed E-state index contributed by atoms with van der Waals surface area (Å²) in [5, 5.41) is 2.71. The van der Waals surface area contributed by atoms with Crippen LogP contribution >= 0.6 is 0 Å². The standard InChI is InChI=1S/C12H14N2O/c1-3-7-13-12(15)11-5-9-14(8-4-2)10-6-11/h3-6,9-10H,1-2,7-8H2/p+1. The molecule has 0 aliphatic rings.